The van der Waals surface area contributed by atoms with Gasteiger partial charge in [0.25, 0.3) is 0 Å². The fourth-order valence-electron chi connectivity index (χ4n) is 3.56. The van der Waals surface area contributed by atoms with Crippen molar-refractivity contribution >= 4 is 21.1 Å². The van der Waals surface area contributed by atoms with Crippen molar-refractivity contribution in [3.05, 3.63) is 74.3 Å². The van der Waals surface area contributed by atoms with E-state index in [0.29, 0.717) is 31.7 Å². The van der Waals surface area contributed by atoms with Crippen LogP contribution in [0, 0.1) is 6.92 Å². The summed E-state index contributed by atoms with van der Waals surface area (Å²) in [7, 11) is -3.69. The van der Waals surface area contributed by atoms with Crippen molar-refractivity contribution in [2.45, 2.75) is 18.4 Å². The van der Waals surface area contributed by atoms with Crippen LogP contribution in [0.1, 0.15) is 11.1 Å². The zero-order valence-corrected chi connectivity index (χ0v) is 16.8. The molecule has 0 unspecified atom stereocenters. The Morgan fingerprint density at radius 1 is 0.897 bits per heavy atom. The van der Waals surface area contributed by atoms with Crippen LogP contribution in [-0.4, -0.2) is 53.8 Å². The summed E-state index contributed by atoms with van der Waals surface area (Å²) in [5.41, 5.74) is 1.57. The summed E-state index contributed by atoms with van der Waals surface area (Å²) < 4.78 is 27.6. The zero-order chi connectivity index (χ0) is 20.6. The van der Waals surface area contributed by atoms with E-state index in [1.807, 2.05) is 12.1 Å². The number of aromatic nitrogens is 2. The Hall–Kier alpha value is -2.75. The molecule has 0 radical (unpaired) electrons. The van der Waals surface area contributed by atoms with E-state index in [-0.39, 0.29) is 10.4 Å². The maximum Gasteiger partial charge on any atom is 0.314 e. The van der Waals surface area contributed by atoms with Crippen LogP contribution in [0.5, 0.6) is 0 Å². The molecule has 8 nitrogen and oxygen atoms in total. The number of aryl methyl sites for hydroxylation is 1. The van der Waals surface area contributed by atoms with E-state index in [9.17, 15) is 18.0 Å². The molecule has 0 saturated carbocycles. The highest BCUT2D eigenvalue weighted by Gasteiger charge is 2.28. The molecule has 2 heterocycles. The Morgan fingerprint density at radius 3 is 2.24 bits per heavy atom. The Bertz CT molecular complexity index is 1270. The molecule has 0 atom stereocenters. The predicted molar refractivity (Wildman–Crippen MR) is 110 cm³/mol. The molecule has 29 heavy (non-hydrogen) atoms. The number of aromatic amines is 2. The summed E-state index contributed by atoms with van der Waals surface area (Å²) in [6.07, 6.45) is 0. The van der Waals surface area contributed by atoms with Crippen molar-refractivity contribution in [2.75, 3.05) is 26.2 Å². The predicted octanol–water partition coefficient (Wildman–Crippen LogP) is 1.03. The van der Waals surface area contributed by atoms with Crippen molar-refractivity contribution in [2.24, 2.45) is 0 Å². The largest absolute Gasteiger partial charge is 0.316 e. The van der Waals surface area contributed by atoms with E-state index in [1.54, 1.807) is 0 Å². The maximum atomic E-state index is 13.0. The minimum Gasteiger partial charge on any atom is -0.316 e. The second-order valence-corrected chi connectivity index (χ2v) is 9.16. The monoisotopic (exact) mass is 414 g/mol. The summed E-state index contributed by atoms with van der Waals surface area (Å²) in [6.45, 7) is 4.96. The summed E-state index contributed by atoms with van der Waals surface area (Å²) in [5, 5.41) is 0. The molecule has 9 heteroatoms. The summed E-state index contributed by atoms with van der Waals surface area (Å²) in [6, 6.07) is 12.5. The van der Waals surface area contributed by atoms with Crippen LogP contribution in [0.25, 0.3) is 11.0 Å². The lowest BCUT2D eigenvalue weighted by molar-refractivity contribution is 0.181. The molecular weight excluding hydrogens is 392 g/mol. The SMILES string of the molecule is Cc1ccccc1CN1CCN(S(=O)(=O)c2ccc3[nH]c(=O)c(=O)[nH]c3c2)CC1. The molecule has 1 aliphatic rings. The molecule has 1 aromatic heterocycles. The molecule has 1 aliphatic heterocycles. The van der Waals surface area contributed by atoms with E-state index in [2.05, 4.69) is 33.9 Å². The molecule has 0 bridgehead atoms. The maximum absolute atomic E-state index is 13.0. The molecule has 3 aromatic rings. The van der Waals surface area contributed by atoms with E-state index >= 15 is 0 Å². The van der Waals surface area contributed by atoms with Crippen molar-refractivity contribution in [1.82, 2.24) is 19.2 Å². The third kappa shape index (κ3) is 3.89. The van der Waals surface area contributed by atoms with Gasteiger partial charge in [0.2, 0.25) is 10.0 Å². The van der Waals surface area contributed by atoms with Gasteiger partial charge in [-0.05, 0) is 36.2 Å². The van der Waals surface area contributed by atoms with Crippen LogP contribution in [0.2, 0.25) is 0 Å². The Balaban J connectivity index is 1.51. The zero-order valence-electron chi connectivity index (χ0n) is 16.0. The Labute approximate surface area is 167 Å². The van der Waals surface area contributed by atoms with Gasteiger partial charge >= 0.3 is 11.1 Å². The summed E-state index contributed by atoms with van der Waals surface area (Å²) in [4.78, 5) is 30.2. The highest BCUT2D eigenvalue weighted by Crippen LogP contribution is 2.21. The lowest BCUT2D eigenvalue weighted by atomic mass is 10.1. The van der Waals surface area contributed by atoms with Gasteiger partial charge in [0.15, 0.2) is 0 Å². The highest BCUT2D eigenvalue weighted by atomic mass is 32.2. The minimum atomic E-state index is -3.69. The van der Waals surface area contributed by atoms with E-state index in [0.717, 1.165) is 6.54 Å². The standard InChI is InChI=1S/C20H22N4O4S/c1-14-4-2-3-5-15(14)13-23-8-10-24(11-9-23)29(27,28)16-6-7-17-18(12-16)22-20(26)19(25)21-17/h2-7,12H,8-11,13H2,1H3,(H,21,25)(H,22,26). The quantitative estimate of drug-likeness (QED) is 0.621. The lowest BCUT2D eigenvalue weighted by Crippen LogP contribution is -2.48. The van der Waals surface area contributed by atoms with Crippen LogP contribution < -0.4 is 11.1 Å². The Morgan fingerprint density at radius 2 is 1.55 bits per heavy atom. The second-order valence-electron chi connectivity index (χ2n) is 7.22. The highest BCUT2D eigenvalue weighted by molar-refractivity contribution is 7.89. The third-order valence-electron chi connectivity index (χ3n) is 5.32. The fourth-order valence-corrected chi connectivity index (χ4v) is 5.01. The molecule has 0 spiro atoms. The van der Waals surface area contributed by atoms with Crippen LogP contribution in [0.15, 0.2) is 56.9 Å². The van der Waals surface area contributed by atoms with Gasteiger partial charge in [-0.3, -0.25) is 14.5 Å². The average molecular weight is 414 g/mol. The molecule has 4 rings (SSSR count). The van der Waals surface area contributed by atoms with Gasteiger partial charge in [0.1, 0.15) is 0 Å². The van der Waals surface area contributed by atoms with Gasteiger partial charge in [-0.15, -0.1) is 0 Å². The Kier molecular flexibility index (Phi) is 5.12. The van der Waals surface area contributed by atoms with Crippen LogP contribution in [0.4, 0.5) is 0 Å². The fraction of sp³-hybridized carbons (Fsp3) is 0.300. The van der Waals surface area contributed by atoms with Crippen molar-refractivity contribution in [1.29, 1.82) is 0 Å². The number of nitrogens with one attached hydrogen (secondary N) is 2. The number of sulfonamides is 1. The van der Waals surface area contributed by atoms with Gasteiger partial charge in [0, 0.05) is 32.7 Å². The van der Waals surface area contributed by atoms with Crippen LogP contribution >= 0.6 is 0 Å². The number of hydrogen-bond acceptors (Lipinski definition) is 5. The lowest BCUT2D eigenvalue weighted by Gasteiger charge is -2.34. The molecule has 0 aliphatic carbocycles. The van der Waals surface area contributed by atoms with Crippen LogP contribution in [0.3, 0.4) is 0 Å². The molecule has 152 valence electrons. The summed E-state index contributed by atoms with van der Waals surface area (Å²) in [5.74, 6) is 0. The molecular formula is C20H22N4O4S. The number of hydrogen-bond donors (Lipinski definition) is 2. The van der Waals surface area contributed by atoms with Gasteiger partial charge in [-0.25, -0.2) is 8.42 Å². The number of benzene rings is 2. The first-order valence-corrected chi connectivity index (χ1v) is 10.8. The first kappa shape index (κ1) is 19.6. The normalized spacial score (nSPS) is 16.3. The molecule has 2 N–H and O–H groups in total. The van der Waals surface area contributed by atoms with Gasteiger partial charge in [0.05, 0.1) is 15.9 Å². The third-order valence-corrected chi connectivity index (χ3v) is 7.21. The number of fused-ring (bicyclic) bond motifs is 1. The molecule has 1 saturated heterocycles. The van der Waals surface area contributed by atoms with Gasteiger partial charge < -0.3 is 9.97 Å². The first-order chi connectivity index (χ1) is 13.8. The van der Waals surface area contributed by atoms with Gasteiger partial charge in [-0.1, -0.05) is 24.3 Å². The van der Waals surface area contributed by atoms with E-state index in [1.165, 1.54) is 33.6 Å². The first-order valence-electron chi connectivity index (χ1n) is 9.38. The van der Waals surface area contributed by atoms with Crippen molar-refractivity contribution in [3.8, 4) is 0 Å². The molecule has 1 fully saturated rings. The van der Waals surface area contributed by atoms with Crippen LogP contribution in [-0.2, 0) is 16.6 Å². The number of H-pyrrole nitrogens is 2. The number of rotatable bonds is 4. The average Bonchev–Trinajstić information content (AvgIpc) is 2.70. The van der Waals surface area contributed by atoms with Crippen molar-refractivity contribution in [3.63, 3.8) is 0 Å². The minimum absolute atomic E-state index is 0.0973. The van der Waals surface area contributed by atoms with E-state index < -0.39 is 21.1 Å². The molecule has 0 amide bonds. The number of piperazine rings is 1. The topological polar surface area (TPSA) is 106 Å². The smallest absolute Gasteiger partial charge is 0.314 e. The summed E-state index contributed by atoms with van der Waals surface area (Å²) >= 11 is 0. The van der Waals surface area contributed by atoms with Gasteiger partial charge in [-0.2, -0.15) is 4.31 Å². The second kappa shape index (κ2) is 7.58. The number of nitrogens with zero attached hydrogens (tertiary/aromatic N) is 2. The van der Waals surface area contributed by atoms with Crippen molar-refractivity contribution < 1.29 is 8.42 Å². The van der Waals surface area contributed by atoms with E-state index in [4.69, 9.17) is 0 Å². The molecule has 2 aromatic carbocycles.